The summed E-state index contributed by atoms with van der Waals surface area (Å²) in [6.45, 7) is 8.91. The van der Waals surface area contributed by atoms with Gasteiger partial charge in [-0.3, -0.25) is 4.79 Å². The molecular formula is C20H32O3. The van der Waals surface area contributed by atoms with Crippen LogP contribution < -0.4 is 0 Å². The van der Waals surface area contributed by atoms with Crippen LogP contribution >= 0.6 is 0 Å². The molecule has 0 aliphatic heterocycles. The summed E-state index contributed by atoms with van der Waals surface area (Å²) < 4.78 is 0. The second-order valence-electron chi connectivity index (χ2n) is 10.0. The summed E-state index contributed by atoms with van der Waals surface area (Å²) in [6, 6.07) is 0. The van der Waals surface area contributed by atoms with Crippen molar-refractivity contribution in [2.75, 3.05) is 6.61 Å². The van der Waals surface area contributed by atoms with Crippen molar-refractivity contribution in [1.82, 2.24) is 0 Å². The molecular weight excluding hydrogens is 288 g/mol. The number of Topliss-reactive ketones (excluding diaryl/α,β-unsaturated/α-hetero) is 1. The number of ketones is 1. The first kappa shape index (κ1) is 16.1. The number of rotatable bonds is 1. The zero-order chi connectivity index (χ0) is 16.8. The minimum absolute atomic E-state index is 0.0747. The standard InChI is InChI=1S/C20H32O3/c1-17(2)7-5-8-18(3)13-10-15(22)19(4)14(11-21)16(19)12(13)6-9-20(17,18)23/h12-14,16,21,23H,5-11H2,1-4H3. The van der Waals surface area contributed by atoms with Crippen LogP contribution in [0.3, 0.4) is 0 Å². The quantitative estimate of drug-likeness (QED) is 0.780. The maximum atomic E-state index is 12.9. The summed E-state index contributed by atoms with van der Waals surface area (Å²) in [5.74, 6) is 1.66. The third kappa shape index (κ3) is 1.62. The second kappa shape index (κ2) is 4.40. The fourth-order valence-corrected chi connectivity index (χ4v) is 7.55. The van der Waals surface area contributed by atoms with Gasteiger partial charge in [0.05, 0.1) is 5.60 Å². The van der Waals surface area contributed by atoms with Crippen LogP contribution in [0.1, 0.15) is 66.2 Å². The SMILES string of the molecule is CC12C(=O)CC3C(CCC4(O)C(C)(C)CCCC34C)C1C2CO. The fourth-order valence-electron chi connectivity index (χ4n) is 7.55. The molecule has 0 heterocycles. The Morgan fingerprint density at radius 3 is 2.48 bits per heavy atom. The van der Waals surface area contributed by atoms with Crippen molar-refractivity contribution in [2.45, 2.75) is 71.8 Å². The van der Waals surface area contributed by atoms with Gasteiger partial charge in [-0.2, -0.15) is 0 Å². The molecule has 0 saturated heterocycles. The predicted octanol–water partition coefficient (Wildman–Crippen LogP) is 3.18. The number of carbonyl (C=O) groups excluding carboxylic acids is 1. The molecule has 7 atom stereocenters. The van der Waals surface area contributed by atoms with E-state index in [1.807, 2.05) is 0 Å². The third-order valence-corrected chi connectivity index (χ3v) is 9.19. The Morgan fingerprint density at radius 2 is 1.83 bits per heavy atom. The first-order valence-electron chi connectivity index (χ1n) is 9.50. The molecule has 0 bridgehead atoms. The molecule has 4 aliphatic rings. The van der Waals surface area contributed by atoms with Crippen LogP contribution in [0.15, 0.2) is 0 Å². The average Bonchev–Trinajstić information content (AvgIpc) is 3.10. The highest BCUT2D eigenvalue weighted by atomic mass is 16.3. The number of fused-ring (bicyclic) bond motifs is 5. The lowest BCUT2D eigenvalue weighted by Gasteiger charge is -2.65. The van der Waals surface area contributed by atoms with Gasteiger partial charge in [-0.15, -0.1) is 0 Å². The third-order valence-electron chi connectivity index (χ3n) is 9.19. The van der Waals surface area contributed by atoms with Gasteiger partial charge < -0.3 is 10.2 Å². The number of aliphatic hydroxyl groups excluding tert-OH is 1. The molecule has 4 aliphatic carbocycles. The Kier molecular flexibility index (Phi) is 3.08. The van der Waals surface area contributed by atoms with Crippen LogP contribution in [0.4, 0.5) is 0 Å². The van der Waals surface area contributed by atoms with E-state index in [1.165, 1.54) is 0 Å². The Balaban J connectivity index is 1.75. The van der Waals surface area contributed by atoms with Crippen molar-refractivity contribution in [2.24, 2.45) is 39.9 Å². The van der Waals surface area contributed by atoms with Crippen LogP contribution in [0.25, 0.3) is 0 Å². The average molecular weight is 320 g/mol. The van der Waals surface area contributed by atoms with Crippen molar-refractivity contribution in [3.05, 3.63) is 0 Å². The zero-order valence-electron chi connectivity index (χ0n) is 15.1. The second-order valence-corrected chi connectivity index (χ2v) is 10.0. The van der Waals surface area contributed by atoms with Crippen molar-refractivity contribution in [3.63, 3.8) is 0 Å². The molecule has 23 heavy (non-hydrogen) atoms. The molecule has 0 aromatic heterocycles. The lowest BCUT2D eigenvalue weighted by atomic mass is 9.42. The predicted molar refractivity (Wildman–Crippen MR) is 88.7 cm³/mol. The van der Waals surface area contributed by atoms with Gasteiger partial charge in [0, 0.05) is 23.9 Å². The molecule has 4 saturated carbocycles. The molecule has 4 fully saturated rings. The zero-order valence-corrected chi connectivity index (χ0v) is 15.1. The lowest BCUT2D eigenvalue weighted by Crippen LogP contribution is -2.66. The van der Waals surface area contributed by atoms with E-state index >= 15 is 0 Å². The first-order valence-corrected chi connectivity index (χ1v) is 9.50. The summed E-state index contributed by atoms with van der Waals surface area (Å²) >= 11 is 0. The molecule has 2 N–H and O–H groups in total. The summed E-state index contributed by atoms with van der Waals surface area (Å²) in [5.41, 5.74) is -1.16. The molecule has 0 amide bonds. The minimum Gasteiger partial charge on any atom is -0.396 e. The Labute approximate surface area is 139 Å². The molecule has 0 radical (unpaired) electrons. The normalized spacial score (nSPS) is 57.2. The van der Waals surface area contributed by atoms with Gasteiger partial charge in [0.1, 0.15) is 5.78 Å². The molecule has 3 heteroatoms. The van der Waals surface area contributed by atoms with Crippen LogP contribution in [0.5, 0.6) is 0 Å². The fraction of sp³-hybridized carbons (Fsp3) is 0.950. The highest BCUT2D eigenvalue weighted by Crippen LogP contribution is 2.74. The summed E-state index contributed by atoms with van der Waals surface area (Å²) in [4.78, 5) is 12.9. The highest BCUT2D eigenvalue weighted by Gasteiger charge is 2.75. The molecule has 3 nitrogen and oxygen atoms in total. The Morgan fingerprint density at radius 1 is 1.13 bits per heavy atom. The van der Waals surface area contributed by atoms with Crippen molar-refractivity contribution < 1.29 is 15.0 Å². The number of carbonyl (C=O) groups is 1. The van der Waals surface area contributed by atoms with Crippen LogP contribution in [0.2, 0.25) is 0 Å². The molecule has 0 aromatic rings. The molecule has 0 aromatic carbocycles. The summed E-state index contributed by atoms with van der Waals surface area (Å²) in [5, 5.41) is 21.5. The van der Waals surface area contributed by atoms with Gasteiger partial charge in [0.25, 0.3) is 0 Å². The van der Waals surface area contributed by atoms with Crippen LogP contribution in [-0.2, 0) is 4.79 Å². The maximum Gasteiger partial charge on any atom is 0.139 e. The Hall–Kier alpha value is -0.410. The number of aliphatic hydroxyl groups is 2. The van der Waals surface area contributed by atoms with E-state index in [1.54, 1.807) is 0 Å². The summed E-state index contributed by atoms with van der Waals surface area (Å²) in [7, 11) is 0. The molecule has 7 unspecified atom stereocenters. The van der Waals surface area contributed by atoms with Crippen molar-refractivity contribution in [3.8, 4) is 0 Å². The van der Waals surface area contributed by atoms with Gasteiger partial charge >= 0.3 is 0 Å². The van der Waals surface area contributed by atoms with Gasteiger partial charge in [-0.1, -0.05) is 34.1 Å². The smallest absolute Gasteiger partial charge is 0.139 e. The van der Waals surface area contributed by atoms with E-state index in [9.17, 15) is 15.0 Å². The summed E-state index contributed by atoms with van der Waals surface area (Å²) in [6.07, 6.45) is 5.75. The lowest BCUT2D eigenvalue weighted by molar-refractivity contribution is -0.242. The topological polar surface area (TPSA) is 57.5 Å². The highest BCUT2D eigenvalue weighted by molar-refractivity contribution is 5.90. The van der Waals surface area contributed by atoms with Crippen LogP contribution in [-0.4, -0.2) is 28.2 Å². The van der Waals surface area contributed by atoms with Gasteiger partial charge in [-0.05, 0) is 54.8 Å². The van der Waals surface area contributed by atoms with Crippen molar-refractivity contribution >= 4 is 5.78 Å². The van der Waals surface area contributed by atoms with Gasteiger partial charge in [-0.25, -0.2) is 0 Å². The molecule has 130 valence electrons. The van der Waals surface area contributed by atoms with E-state index in [-0.39, 0.29) is 28.8 Å². The van der Waals surface area contributed by atoms with E-state index in [0.29, 0.717) is 30.0 Å². The van der Waals surface area contributed by atoms with Crippen molar-refractivity contribution in [1.29, 1.82) is 0 Å². The minimum atomic E-state index is -0.656. The maximum absolute atomic E-state index is 12.9. The largest absolute Gasteiger partial charge is 0.396 e. The Bertz CT molecular complexity index is 555. The number of hydrogen-bond donors (Lipinski definition) is 2. The van der Waals surface area contributed by atoms with E-state index < -0.39 is 5.60 Å². The number of hydrogen-bond acceptors (Lipinski definition) is 3. The first-order chi connectivity index (χ1) is 10.6. The van der Waals surface area contributed by atoms with Crippen LogP contribution in [0, 0.1) is 39.9 Å². The van der Waals surface area contributed by atoms with E-state index in [0.717, 1.165) is 32.1 Å². The van der Waals surface area contributed by atoms with Gasteiger partial charge in [0.15, 0.2) is 0 Å². The van der Waals surface area contributed by atoms with E-state index in [2.05, 4.69) is 27.7 Å². The van der Waals surface area contributed by atoms with E-state index in [4.69, 9.17) is 0 Å². The molecule has 0 spiro atoms. The monoisotopic (exact) mass is 320 g/mol. The van der Waals surface area contributed by atoms with Gasteiger partial charge in [0.2, 0.25) is 0 Å². The molecule has 4 rings (SSSR count).